The summed E-state index contributed by atoms with van der Waals surface area (Å²) in [5.74, 6) is 1.48. The molecule has 2 aromatic heterocycles. The van der Waals surface area contributed by atoms with Gasteiger partial charge in [0.1, 0.15) is 5.82 Å². The normalized spacial score (nSPS) is 10.9. The van der Waals surface area contributed by atoms with Gasteiger partial charge >= 0.3 is 0 Å². The second-order valence-corrected chi connectivity index (χ2v) is 6.45. The molecule has 0 bridgehead atoms. The van der Waals surface area contributed by atoms with E-state index in [4.69, 9.17) is 0 Å². The minimum atomic E-state index is 0.683. The molecule has 0 atom stereocenters. The van der Waals surface area contributed by atoms with Crippen molar-refractivity contribution in [3.8, 4) is 10.7 Å². The monoisotopic (exact) mass is 398 g/mol. The first-order valence-electron chi connectivity index (χ1n) is 5.42. The predicted molar refractivity (Wildman–Crippen MR) is 85.6 cm³/mol. The van der Waals surface area contributed by atoms with Crippen LogP contribution in [-0.4, -0.2) is 22.0 Å². The molecule has 0 unspecified atom stereocenters. The zero-order chi connectivity index (χ0) is 13.4. The fraction of sp³-hybridized carbons (Fsp3) is 0.0833. The number of benzene rings is 1. The molecule has 0 fully saturated rings. The van der Waals surface area contributed by atoms with E-state index in [0.717, 1.165) is 30.5 Å². The first-order valence-corrected chi connectivity index (χ1v) is 7.89. The van der Waals surface area contributed by atoms with E-state index in [9.17, 15) is 0 Å². The lowest BCUT2D eigenvalue weighted by Gasteiger charge is -2.09. The van der Waals surface area contributed by atoms with E-state index >= 15 is 0 Å². The van der Waals surface area contributed by atoms with Crippen LogP contribution in [0, 0.1) is 0 Å². The summed E-state index contributed by atoms with van der Waals surface area (Å²) in [6, 6.07) is 3.98. The van der Waals surface area contributed by atoms with Crippen molar-refractivity contribution < 1.29 is 0 Å². The number of rotatable bonds is 2. The highest BCUT2D eigenvalue weighted by atomic mass is 79.9. The second-order valence-electron chi connectivity index (χ2n) is 3.80. The number of fused-ring (bicyclic) bond motifs is 1. The fourth-order valence-electron chi connectivity index (χ4n) is 1.78. The average Bonchev–Trinajstić information content (AvgIpc) is 2.91. The number of halogens is 2. The molecule has 1 N–H and O–H groups in total. The minimum absolute atomic E-state index is 0.683. The van der Waals surface area contributed by atoms with Gasteiger partial charge in [0.2, 0.25) is 0 Å². The number of thiazole rings is 1. The maximum atomic E-state index is 4.62. The molecule has 3 aromatic rings. The van der Waals surface area contributed by atoms with Crippen LogP contribution in [0.15, 0.2) is 32.8 Å². The van der Waals surface area contributed by atoms with Gasteiger partial charge in [0.15, 0.2) is 5.82 Å². The van der Waals surface area contributed by atoms with Gasteiger partial charge in [0.05, 0.1) is 15.9 Å². The van der Waals surface area contributed by atoms with Crippen molar-refractivity contribution in [3.63, 3.8) is 0 Å². The van der Waals surface area contributed by atoms with Gasteiger partial charge in [-0.05, 0) is 28.1 Å². The van der Waals surface area contributed by atoms with E-state index in [1.54, 1.807) is 11.7 Å². The van der Waals surface area contributed by atoms with Crippen LogP contribution in [-0.2, 0) is 0 Å². The van der Waals surface area contributed by atoms with E-state index < -0.39 is 0 Å². The first-order chi connectivity index (χ1) is 9.19. The molecule has 3 rings (SSSR count). The number of nitrogens with zero attached hydrogens (tertiary/aromatic N) is 3. The van der Waals surface area contributed by atoms with Crippen molar-refractivity contribution in [1.29, 1.82) is 0 Å². The number of hydrogen-bond donors (Lipinski definition) is 1. The third-order valence-electron chi connectivity index (χ3n) is 2.61. The molecule has 1 aromatic carbocycles. The van der Waals surface area contributed by atoms with Crippen LogP contribution in [0.4, 0.5) is 5.82 Å². The Morgan fingerprint density at radius 2 is 2.05 bits per heavy atom. The molecule has 0 radical (unpaired) electrons. The molecule has 0 aliphatic heterocycles. The lowest BCUT2D eigenvalue weighted by molar-refractivity contribution is 1.21. The summed E-state index contributed by atoms with van der Waals surface area (Å²) in [7, 11) is 1.85. The van der Waals surface area contributed by atoms with Crippen LogP contribution in [0.1, 0.15) is 0 Å². The summed E-state index contributed by atoms with van der Waals surface area (Å²) in [4.78, 5) is 14.2. The van der Waals surface area contributed by atoms with E-state index in [2.05, 4.69) is 52.1 Å². The molecule has 0 saturated carbocycles. The molecule has 0 saturated heterocycles. The van der Waals surface area contributed by atoms with E-state index in [1.807, 2.05) is 19.2 Å². The van der Waals surface area contributed by atoms with Crippen molar-refractivity contribution in [2.75, 3.05) is 12.4 Å². The van der Waals surface area contributed by atoms with Gasteiger partial charge in [0.25, 0.3) is 0 Å². The predicted octanol–water partition coefficient (Wildman–Crippen LogP) is 4.32. The second kappa shape index (κ2) is 5.15. The Kier molecular flexibility index (Phi) is 3.51. The van der Waals surface area contributed by atoms with Crippen LogP contribution < -0.4 is 5.32 Å². The SMILES string of the molecule is CNc1nc(-c2cncs2)nc2c(Br)cc(Br)cc12. The molecule has 19 heavy (non-hydrogen) atoms. The molecule has 4 nitrogen and oxygen atoms in total. The summed E-state index contributed by atoms with van der Waals surface area (Å²) < 4.78 is 1.92. The van der Waals surface area contributed by atoms with Crippen LogP contribution in [0.25, 0.3) is 21.6 Å². The molecule has 2 heterocycles. The van der Waals surface area contributed by atoms with E-state index in [1.165, 1.54) is 11.3 Å². The van der Waals surface area contributed by atoms with Crippen LogP contribution in [0.2, 0.25) is 0 Å². The quantitative estimate of drug-likeness (QED) is 0.697. The van der Waals surface area contributed by atoms with Crippen molar-refractivity contribution in [2.24, 2.45) is 0 Å². The summed E-state index contributed by atoms with van der Waals surface area (Å²) in [5, 5.41) is 4.09. The third-order valence-corrected chi connectivity index (χ3v) is 4.44. The Labute approximate surface area is 130 Å². The van der Waals surface area contributed by atoms with Crippen LogP contribution >= 0.6 is 43.2 Å². The standard InChI is InChI=1S/C12H8Br2N4S/c1-15-11-7-2-6(13)3-8(14)10(7)17-12(18-11)9-4-16-5-19-9/h2-5H,1H3,(H,15,17,18). The number of aromatic nitrogens is 3. The Hall–Kier alpha value is -1.05. The minimum Gasteiger partial charge on any atom is -0.373 e. The topological polar surface area (TPSA) is 50.7 Å². The van der Waals surface area contributed by atoms with Gasteiger partial charge in [-0.2, -0.15) is 0 Å². The summed E-state index contributed by atoms with van der Waals surface area (Å²) in [6.45, 7) is 0. The molecule has 0 aliphatic carbocycles. The van der Waals surface area contributed by atoms with Gasteiger partial charge in [-0.3, -0.25) is 4.98 Å². The summed E-state index contributed by atoms with van der Waals surface area (Å²) >= 11 is 8.56. The highest BCUT2D eigenvalue weighted by Gasteiger charge is 2.12. The summed E-state index contributed by atoms with van der Waals surface area (Å²) in [6.07, 6.45) is 1.78. The Morgan fingerprint density at radius 1 is 1.21 bits per heavy atom. The number of anilines is 1. The van der Waals surface area contributed by atoms with Gasteiger partial charge < -0.3 is 5.32 Å². The lowest BCUT2D eigenvalue weighted by Crippen LogP contribution is -1.98. The first kappa shape index (κ1) is 13.0. The van der Waals surface area contributed by atoms with E-state index in [-0.39, 0.29) is 0 Å². The zero-order valence-corrected chi connectivity index (χ0v) is 13.8. The highest BCUT2D eigenvalue weighted by molar-refractivity contribution is 9.11. The van der Waals surface area contributed by atoms with E-state index in [0.29, 0.717) is 5.82 Å². The fourth-order valence-corrected chi connectivity index (χ4v) is 3.65. The van der Waals surface area contributed by atoms with Crippen LogP contribution in [0.3, 0.4) is 0 Å². The third kappa shape index (κ3) is 2.37. The van der Waals surface area contributed by atoms with Gasteiger partial charge in [-0.25, -0.2) is 9.97 Å². The lowest BCUT2D eigenvalue weighted by atomic mass is 10.2. The summed E-state index contributed by atoms with van der Waals surface area (Å²) in [5.41, 5.74) is 2.66. The number of hydrogen-bond acceptors (Lipinski definition) is 5. The molecular weight excluding hydrogens is 392 g/mol. The molecule has 7 heteroatoms. The zero-order valence-electron chi connectivity index (χ0n) is 9.82. The van der Waals surface area contributed by atoms with Crippen molar-refractivity contribution >= 4 is 59.9 Å². The smallest absolute Gasteiger partial charge is 0.173 e. The molecule has 96 valence electrons. The van der Waals surface area contributed by atoms with Crippen LogP contribution in [0.5, 0.6) is 0 Å². The Bertz CT molecular complexity index is 743. The molecular formula is C12H8Br2N4S. The number of nitrogens with one attached hydrogen (secondary N) is 1. The average molecular weight is 400 g/mol. The van der Waals surface area contributed by atoms with Crippen molar-refractivity contribution in [3.05, 3.63) is 32.8 Å². The largest absolute Gasteiger partial charge is 0.373 e. The Balaban J connectivity index is 2.34. The highest BCUT2D eigenvalue weighted by Crippen LogP contribution is 2.33. The molecule has 0 amide bonds. The maximum absolute atomic E-state index is 4.62. The van der Waals surface area contributed by atoms with Crippen molar-refractivity contribution in [1.82, 2.24) is 15.0 Å². The maximum Gasteiger partial charge on any atom is 0.173 e. The van der Waals surface area contributed by atoms with Gasteiger partial charge in [0, 0.05) is 27.6 Å². The Morgan fingerprint density at radius 3 is 2.74 bits per heavy atom. The van der Waals surface area contributed by atoms with Crippen molar-refractivity contribution in [2.45, 2.75) is 0 Å². The van der Waals surface area contributed by atoms with Gasteiger partial charge in [-0.15, -0.1) is 11.3 Å². The molecule has 0 aliphatic rings. The van der Waals surface area contributed by atoms with Gasteiger partial charge in [-0.1, -0.05) is 15.9 Å². The molecule has 0 spiro atoms.